The summed E-state index contributed by atoms with van der Waals surface area (Å²) in [4.78, 5) is 13.6. The molecule has 0 saturated carbocycles. The molecule has 4 nitrogen and oxygen atoms in total. The average molecular weight is 258 g/mol. The van der Waals surface area contributed by atoms with Crippen LogP contribution in [0.5, 0.6) is 0 Å². The van der Waals surface area contributed by atoms with Gasteiger partial charge in [0.15, 0.2) is 0 Å². The molecule has 2 atom stereocenters. The van der Waals surface area contributed by atoms with Crippen molar-refractivity contribution in [1.29, 1.82) is 0 Å². The highest BCUT2D eigenvalue weighted by atomic mass is 16.4. The summed E-state index contributed by atoms with van der Waals surface area (Å²) >= 11 is 0. The number of hydrogen-bond donors (Lipinski definition) is 2. The monoisotopic (exact) mass is 258 g/mol. The second-order valence-electron chi connectivity index (χ2n) is 5.96. The molecule has 0 aromatic rings. The first-order valence-electron chi connectivity index (χ1n) is 6.91. The number of carbonyl (C=O) groups is 1. The van der Waals surface area contributed by atoms with Gasteiger partial charge in [-0.05, 0) is 40.2 Å². The molecule has 2 unspecified atom stereocenters. The van der Waals surface area contributed by atoms with Crippen LogP contribution in [0.4, 0.5) is 0 Å². The Balaban J connectivity index is 4.31. The summed E-state index contributed by atoms with van der Waals surface area (Å²) in [5.41, 5.74) is -0.835. The van der Waals surface area contributed by atoms with Gasteiger partial charge in [-0.2, -0.15) is 0 Å². The van der Waals surface area contributed by atoms with Crippen molar-refractivity contribution in [3.8, 4) is 0 Å². The summed E-state index contributed by atoms with van der Waals surface area (Å²) in [6, 6.07) is 0.172. The van der Waals surface area contributed by atoms with Crippen molar-refractivity contribution in [2.45, 2.75) is 59.0 Å². The molecule has 0 aromatic carbocycles. The van der Waals surface area contributed by atoms with Crippen LogP contribution in [-0.2, 0) is 4.79 Å². The summed E-state index contributed by atoms with van der Waals surface area (Å²) < 4.78 is 0. The molecule has 0 amide bonds. The lowest BCUT2D eigenvalue weighted by molar-refractivity contribution is -0.144. The van der Waals surface area contributed by atoms with E-state index in [1.165, 1.54) is 0 Å². The van der Waals surface area contributed by atoms with E-state index in [1.54, 1.807) is 6.92 Å². The van der Waals surface area contributed by atoms with Crippen molar-refractivity contribution >= 4 is 5.97 Å². The molecule has 0 aliphatic heterocycles. The standard InChI is InChI=1S/C14H30N2O2/c1-7-12(4)10-16(6)9-8-14(5,13(17)18)15-11(2)3/h11-12,15H,7-10H2,1-6H3,(H,17,18). The Morgan fingerprint density at radius 3 is 2.33 bits per heavy atom. The topological polar surface area (TPSA) is 52.6 Å². The highest BCUT2D eigenvalue weighted by Gasteiger charge is 2.33. The van der Waals surface area contributed by atoms with Crippen LogP contribution >= 0.6 is 0 Å². The molecule has 4 heteroatoms. The van der Waals surface area contributed by atoms with E-state index < -0.39 is 11.5 Å². The quantitative estimate of drug-likeness (QED) is 0.665. The number of rotatable bonds is 9. The fourth-order valence-corrected chi connectivity index (χ4v) is 2.04. The Kier molecular flexibility index (Phi) is 7.48. The predicted molar refractivity (Wildman–Crippen MR) is 75.9 cm³/mol. The normalized spacial score (nSPS) is 16.9. The molecule has 0 aliphatic rings. The molecule has 0 heterocycles. The Hall–Kier alpha value is -0.610. The minimum absolute atomic E-state index is 0.172. The van der Waals surface area contributed by atoms with Gasteiger partial charge in [-0.25, -0.2) is 0 Å². The second kappa shape index (κ2) is 7.74. The zero-order chi connectivity index (χ0) is 14.3. The van der Waals surface area contributed by atoms with Gasteiger partial charge in [0.2, 0.25) is 0 Å². The van der Waals surface area contributed by atoms with Gasteiger partial charge in [-0.3, -0.25) is 10.1 Å². The van der Waals surface area contributed by atoms with Crippen LogP contribution in [0.1, 0.15) is 47.5 Å². The van der Waals surface area contributed by atoms with Crippen LogP contribution in [0.25, 0.3) is 0 Å². The van der Waals surface area contributed by atoms with Gasteiger partial charge in [0.25, 0.3) is 0 Å². The number of carboxylic acids is 1. The maximum atomic E-state index is 11.4. The van der Waals surface area contributed by atoms with Gasteiger partial charge < -0.3 is 10.0 Å². The van der Waals surface area contributed by atoms with Crippen LogP contribution in [0.15, 0.2) is 0 Å². The Bertz CT molecular complexity index is 256. The molecule has 0 rings (SSSR count). The molecule has 2 N–H and O–H groups in total. The second-order valence-corrected chi connectivity index (χ2v) is 5.96. The van der Waals surface area contributed by atoms with Crippen LogP contribution in [0.2, 0.25) is 0 Å². The number of nitrogens with one attached hydrogen (secondary N) is 1. The van der Waals surface area contributed by atoms with E-state index in [9.17, 15) is 9.90 Å². The zero-order valence-corrected chi connectivity index (χ0v) is 12.8. The Morgan fingerprint density at radius 2 is 1.94 bits per heavy atom. The molecule has 0 radical (unpaired) electrons. The summed E-state index contributed by atoms with van der Waals surface area (Å²) in [5.74, 6) is -0.114. The Labute approximate surface area is 112 Å². The number of hydrogen-bond acceptors (Lipinski definition) is 3. The van der Waals surface area contributed by atoms with Crippen LogP contribution in [0, 0.1) is 5.92 Å². The average Bonchev–Trinajstić information content (AvgIpc) is 2.25. The molecule has 18 heavy (non-hydrogen) atoms. The molecule has 0 bridgehead atoms. The number of nitrogens with zero attached hydrogens (tertiary/aromatic N) is 1. The molecule has 0 saturated heterocycles. The summed E-state index contributed by atoms with van der Waals surface area (Å²) in [6.45, 7) is 11.9. The van der Waals surface area contributed by atoms with E-state index in [0.717, 1.165) is 19.5 Å². The molecular weight excluding hydrogens is 228 g/mol. The largest absolute Gasteiger partial charge is 0.480 e. The first-order chi connectivity index (χ1) is 8.21. The molecule has 0 spiro atoms. The van der Waals surface area contributed by atoms with E-state index in [1.807, 2.05) is 13.8 Å². The number of carboxylic acid groups (broad SMARTS) is 1. The van der Waals surface area contributed by atoms with E-state index in [2.05, 4.69) is 31.1 Å². The number of aliphatic carboxylic acids is 1. The highest BCUT2D eigenvalue weighted by Crippen LogP contribution is 2.13. The predicted octanol–water partition coefficient (Wildman–Crippen LogP) is 2.20. The van der Waals surface area contributed by atoms with Crippen molar-refractivity contribution in [2.75, 3.05) is 20.1 Å². The third-order valence-corrected chi connectivity index (χ3v) is 3.39. The molecule has 108 valence electrons. The van der Waals surface area contributed by atoms with Crippen LogP contribution < -0.4 is 5.32 Å². The van der Waals surface area contributed by atoms with Crippen molar-refractivity contribution in [3.63, 3.8) is 0 Å². The van der Waals surface area contributed by atoms with Crippen molar-refractivity contribution < 1.29 is 9.90 Å². The lowest BCUT2D eigenvalue weighted by Gasteiger charge is -2.31. The molecular formula is C14H30N2O2. The van der Waals surface area contributed by atoms with Gasteiger partial charge in [-0.15, -0.1) is 0 Å². The summed E-state index contributed by atoms with van der Waals surface area (Å²) in [5, 5.41) is 12.5. The SMILES string of the molecule is CCC(C)CN(C)CCC(C)(NC(C)C)C(=O)O. The summed E-state index contributed by atoms with van der Waals surface area (Å²) in [7, 11) is 2.06. The van der Waals surface area contributed by atoms with E-state index in [4.69, 9.17) is 0 Å². The maximum Gasteiger partial charge on any atom is 0.323 e. The fourth-order valence-electron chi connectivity index (χ4n) is 2.04. The molecule has 0 aromatic heterocycles. The third-order valence-electron chi connectivity index (χ3n) is 3.39. The van der Waals surface area contributed by atoms with Crippen molar-refractivity contribution in [2.24, 2.45) is 5.92 Å². The van der Waals surface area contributed by atoms with E-state index in [0.29, 0.717) is 12.3 Å². The minimum Gasteiger partial charge on any atom is -0.480 e. The molecule has 0 fully saturated rings. The Morgan fingerprint density at radius 1 is 1.39 bits per heavy atom. The van der Waals surface area contributed by atoms with Gasteiger partial charge in [0.05, 0.1) is 0 Å². The van der Waals surface area contributed by atoms with Gasteiger partial charge in [-0.1, -0.05) is 20.3 Å². The van der Waals surface area contributed by atoms with Crippen molar-refractivity contribution in [3.05, 3.63) is 0 Å². The van der Waals surface area contributed by atoms with Gasteiger partial charge in [0.1, 0.15) is 5.54 Å². The first kappa shape index (κ1) is 17.4. The van der Waals surface area contributed by atoms with Crippen LogP contribution in [0.3, 0.4) is 0 Å². The van der Waals surface area contributed by atoms with E-state index >= 15 is 0 Å². The van der Waals surface area contributed by atoms with Gasteiger partial charge in [0, 0.05) is 19.1 Å². The first-order valence-corrected chi connectivity index (χ1v) is 6.91. The lowest BCUT2D eigenvalue weighted by Crippen LogP contribution is -2.53. The van der Waals surface area contributed by atoms with Crippen LogP contribution in [-0.4, -0.2) is 47.7 Å². The van der Waals surface area contributed by atoms with Gasteiger partial charge >= 0.3 is 5.97 Å². The smallest absolute Gasteiger partial charge is 0.323 e. The summed E-state index contributed by atoms with van der Waals surface area (Å²) in [6.07, 6.45) is 1.78. The molecule has 0 aliphatic carbocycles. The third kappa shape index (κ3) is 6.36. The lowest BCUT2D eigenvalue weighted by atomic mass is 9.96. The minimum atomic E-state index is -0.835. The van der Waals surface area contributed by atoms with E-state index in [-0.39, 0.29) is 6.04 Å². The fraction of sp³-hybridized carbons (Fsp3) is 0.929. The maximum absolute atomic E-state index is 11.4. The highest BCUT2D eigenvalue weighted by molar-refractivity contribution is 5.78. The zero-order valence-electron chi connectivity index (χ0n) is 12.8. The van der Waals surface area contributed by atoms with Crippen molar-refractivity contribution in [1.82, 2.24) is 10.2 Å².